The van der Waals surface area contributed by atoms with E-state index in [0.29, 0.717) is 12.2 Å². The smallest absolute Gasteiger partial charge is 0.354 e. The van der Waals surface area contributed by atoms with Crippen molar-refractivity contribution in [3.05, 3.63) is 58.3 Å². The number of hydrogen-bond donors (Lipinski definition) is 4. The van der Waals surface area contributed by atoms with E-state index in [1.807, 2.05) is 64.2 Å². The number of aromatic amines is 1. The van der Waals surface area contributed by atoms with Crippen molar-refractivity contribution in [2.24, 2.45) is 16.5 Å². The number of fused-ring (bicyclic) bond motifs is 1. The van der Waals surface area contributed by atoms with Gasteiger partial charge >= 0.3 is 5.69 Å². The van der Waals surface area contributed by atoms with Crippen molar-refractivity contribution in [3.63, 3.8) is 0 Å². The van der Waals surface area contributed by atoms with Gasteiger partial charge in [-0.25, -0.2) is 4.79 Å². The van der Waals surface area contributed by atoms with Crippen LogP contribution in [0.4, 0.5) is 0 Å². The second-order valence-corrected chi connectivity index (χ2v) is 6.77. The molecule has 8 nitrogen and oxygen atoms in total. The van der Waals surface area contributed by atoms with E-state index < -0.39 is 0 Å². The first kappa shape index (κ1) is 26.9. The molecule has 0 unspecified atom stereocenters. The van der Waals surface area contributed by atoms with Crippen LogP contribution in [0.1, 0.15) is 65.3 Å². The molecular weight excluding hydrogens is 402 g/mol. The van der Waals surface area contributed by atoms with Crippen LogP contribution in [-0.4, -0.2) is 33.6 Å². The Hall–Kier alpha value is -3.13. The minimum absolute atomic E-state index is 0.122. The first-order valence-electron chi connectivity index (χ1n) is 11.5. The average Bonchev–Trinajstić information content (AvgIpc) is 3.22. The molecule has 3 rings (SSSR count). The summed E-state index contributed by atoms with van der Waals surface area (Å²) in [6.45, 7) is 13.6. The first-order chi connectivity index (χ1) is 15.5. The fourth-order valence-electron chi connectivity index (χ4n) is 3.07. The van der Waals surface area contributed by atoms with Gasteiger partial charge in [-0.05, 0) is 50.1 Å². The zero-order valence-corrected chi connectivity index (χ0v) is 20.3. The van der Waals surface area contributed by atoms with Crippen molar-refractivity contribution in [1.29, 1.82) is 0 Å². The molecule has 176 valence electrons. The lowest BCUT2D eigenvalue weighted by Crippen LogP contribution is -2.24. The Kier molecular flexibility index (Phi) is 11.8. The lowest BCUT2D eigenvalue weighted by atomic mass is 10.1. The van der Waals surface area contributed by atoms with Crippen molar-refractivity contribution >= 4 is 17.0 Å². The number of aryl methyl sites for hydroxylation is 1. The summed E-state index contributed by atoms with van der Waals surface area (Å²) >= 11 is 0. The summed E-state index contributed by atoms with van der Waals surface area (Å²) in [5.41, 5.74) is 14.0. The van der Waals surface area contributed by atoms with Crippen LogP contribution in [-0.2, 0) is 6.42 Å². The van der Waals surface area contributed by atoms with E-state index in [0.717, 1.165) is 41.7 Å². The Morgan fingerprint density at radius 3 is 2.44 bits per heavy atom. The topological polar surface area (TPSA) is 127 Å². The van der Waals surface area contributed by atoms with Crippen molar-refractivity contribution in [3.8, 4) is 5.69 Å². The van der Waals surface area contributed by atoms with E-state index >= 15 is 0 Å². The zero-order chi connectivity index (χ0) is 24.1. The van der Waals surface area contributed by atoms with Crippen LogP contribution in [0.3, 0.4) is 0 Å². The minimum Gasteiger partial charge on any atom is -0.370 e. The summed E-state index contributed by atoms with van der Waals surface area (Å²) in [5.74, 6) is 0.122. The molecular formula is C24H39N7O. The van der Waals surface area contributed by atoms with Gasteiger partial charge in [0.15, 0.2) is 5.96 Å². The number of benzene rings is 1. The second-order valence-electron chi connectivity index (χ2n) is 6.77. The van der Waals surface area contributed by atoms with Crippen LogP contribution in [0.15, 0.2) is 46.3 Å². The van der Waals surface area contributed by atoms with E-state index in [1.165, 1.54) is 0 Å². The highest BCUT2D eigenvalue weighted by Gasteiger charge is 2.09. The molecule has 2 aromatic heterocycles. The van der Waals surface area contributed by atoms with Gasteiger partial charge in [-0.3, -0.25) is 9.56 Å². The SMILES string of the molecule is CC.CC.CCc1cc2cn(-c3ccc([C@H](C)NCCCN=C(N)N)cc3)c(=O)nc2[nH]1. The maximum atomic E-state index is 12.4. The van der Waals surface area contributed by atoms with Crippen molar-refractivity contribution in [2.45, 2.75) is 60.4 Å². The third-order valence-corrected chi connectivity index (χ3v) is 4.70. The molecule has 8 heteroatoms. The van der Waals surface area contributed by atoms with Gasteiger partial charge in [0.05, 0.1) is 5.69 Å². The first-order valence-corrected chi connectivity index (χ1v) is 11.5. The normalized spacial score (nSPS) is 11.1. The largest absolute Gasteiger partial charge is 0.370 e. The quantitative estimate of drug-likeness (QED) is 0.241. The molecule has 0 aliphatic carbocycles. The maximum absolute atomic E-state index is 12.4. The van der Waals surface area contributed by atoms with Gasteiger partial charge in [-0.2, -0.15) is 4.98 Å². The molecule has 0 saturated carbocycles. The number of nitrogens with one attached hydrogen (secondary N) is 2. The third kappa shape index (κ3) is 7.53. The number of nitrogens with two attached hydrogens (primary N) is 2. The summed E-state index contributed by atoms with van der Waals surface area (Å²) in [7, 11) is 0. The molecule has 0 aliphatic heterocycles. The molecule has 1 aromatic carbocycles. The molecule has 2 heterocycles. The molecule has 0 fully saturated rings. The van der Waals surface area contributed by atoms with Crippen LogP contribution < -0.4 is 22.5 Å². The molecule has 0 radical (unpaired) electrons. The number of guanidine groups is 1. The van der Waals surface area contributed by atoms with E-state index in [4.69, 9.17) is 11.5 Å². The van der Waals surface area contributed by atoms with E-state index in [1.54, 1.807) is 4.57 Å². The average molecular weight is 442 g/mol. The van der Waals surface area contributed by atoms with Crippen molar-refractivity contribution < 1.29 is 0 Å². The number of aliphatic imine (C=N–C) groups is 1. The summed E-state index contributed by atoms with van der Waals surface area (Å²) in [5, 5.41) is 4.37. The van der Waals surface area contributed by atoms with E-state index in [9.17, 15) is 4.79 Å². The molecule has 3 aromatic rings. The number of hydrogen-bond acceptors (Lipinski definition) is 4. The molecule has 1 atom stereocenters. The van der Waals surface area contributed by atoms with Crippen LogP contribution in [0.25, 0.3) is 16.7 Å². The monoisotopic (exact) mass is 441 g/mol. The van der Waals surface area contributed by atoms with Gasteiger partial charge in [0.1, 0.15) is 5.65 Å². The Balaban J connectivity index is 0.00000121. The van der Waals surface area contributed by atoms with Gasteiger partial charge in [-0.1, -0.05) is 46.8 Å². The predicted octanol–water partition coefficient (Wildman–Crippen LogP) is 3.64. The maximum Gasteiger partial charge on any atom is 0.354 e. The molecule has 0 aliphatic rings. The lowest BCUT2D eigenvalue weighted by molar-refractivity contribution is 0.562. The van der Waals surface area contributed by atoms with E-state index in [2.05, 4.69) is 34.1 Å². The second kappa shape index (κ2) is 14.0. The fraction of sp³-hybridized carbons (Fsp3) is 0.458. The molecule has 0 saturated heterocycles. The van der Waals surface area contributed by atoms with Gasteiger partial charge in [0, 0.05) is 29.9 Å². The van der Waals surface area contributed by atoms with Crippen LogP contribution >= 0.6 is 0 Å². The minimum atomic E-state index is -0.296. The highest BCUT2D eigenvalue weighted by molar-refractivity contribution is 5.76. The zero-order valence-electron chi connectivity index (χ0n) is 20.3. The molecule has 32 heavy (non-hydrogen) atoms. The molecule has 6 N–H and O–H groups in total. The van der Waals surface area contributed by atoms with Crippen LogP contribution in [0.5, 0.6) is 0 Å². The number of aromatic nitrogens is 3. The summed E-state index contributed by atoms with van der Waals surface area (Å²) in [6.07, 6.45) is 3.56. The Morgan fingerprint density at radius 1 is 1.19 bits per heavy atom. The standard InChI is InChI=1S/C20H27N7O.2C2H6/c1-3-16-11-15-12-27(20(28)26-18(15)25-16)17-7-5-14(6-8-17)13(2)23-9-4-10-24-19(21)22;2*1-2/h5-8,11-13,23H,3-4,9-10H2,1-2H3,(H4,21,22,24)(H,25,26,28);2*1-2H3/t13-;;/m0../s1. The van der Waals surface area contributed by atoms with Gasteiger partial charge in [-0.15, -0.1) is 0 Å². The van der Waals surface area contributed by atoms with Crippen molar-refractivity contribution in [2.75, 3.05) is 13.1 Å². The third-order valence-electron chi connectivity index (χ3n) is 4.70. The summed E-state index contributed by atoms with van der Waals surface area (Å²) in [4.78, 5) is 23.7. The number of rotatable bonds is 8. The van der Waals surface area contributed by atoms with E-state index in [-0.39, 0.29) is 17.7 Å². The molecule has 0 bridgehead atoms. The van der Waals surface area contributed by atoms with Crippen LogP contribution in [0, 0.1) is 0 Å². The Bertz CT molecular complexity index is 1010. The highest BCUT2D eigenvalue weighted by Crippen LogP contribution is 2.17. The van der Waals surface area contributed by atoms with Crippen molar-refractivity contribution in [1.82, 2.24) is 19.9 Å². The Morgan fingerprint density at radius 2 is 1.84 bits per heavy atom. The van der Waals surface area contributed by atoms with Gasteiger partial charge < -0.3 is 21.8 Å². The lowest BCUT2D eigenvalue weighted by Gasteiger charge is -2.15. The van der Waals surface area contributed by atoms with Gasteiger partial charge in [0.25, 0.3) is 0 Å². The fourth-order valence-corrected chi connectivity index (χ4v) is 3.07. The Labute approximate surface area is 191 Å². The molecule has 0 spiro atoms. The summed E-state index contributed by atoms with van der Waals surface area (Å²) < 4.78 is 1.58. The van der Waals surface area contributed by atoms with Gasteiger partial charge in [0.2, 0.25) is 0 Å². The predicted molar refractivity (Wildman–Crippen MR) is 135 cm³/mol. The number of nitrogens with zero attached hydrogens (tertiary/aromatic N) is 3. The summed E-state index contributed by atoms with van der Waals surface area (Å²) in [6, 6.07) is 10.1. The van der Waals surface area contributed by atoms with Crippen LogP contribution in [0.2, 0.25) is 0 Å². The number of H-pyrrole nitrogens is 1. The highest BCUT2D eigenvalue weighted by atomic mass is 16.1. The molecule has 0 amide bonds.